The Morgan fingerprint density at radius 3 is 2.61 bits per heavy atom. The number of carbonyl (C=O) groups is 1. The molecule has 128 valence electrons. The van der Waals surface area contributed by atoms with Gasteiger partial charge in [0.25, 0.3) is 0 Å². The Morgan fingerprint density at radius 2 is 2.00 bits per heavy atom. The molecule has 1 aromatic rings. The first kappa shape index (κ1) is 17.7. The summed E-state index contributed by atoms with van der Waals surface area (Å²) in [6.45, 7) is 6.49. The first-order chi connectivity index (χ1) is 10.7. The van der Waals surface area contributed by atoms with Gasteiger partial charge in [-0.1, -0.05) is 0 Å². The molecule has 1 fully saturated rings. The summed E-state index contributed by atoms with van der Waals surface area (Å²) >= 11 is 0. The number of pyridine rings is 1. The van der Waals surface area contributed by atoms with E-state index in [4.69, 9.17) is 4.74 Å². The zero-order valence-corrected chi connectivity index (χ0v) is 14.7. The number of amides is 1. The van der Waals surface area contributed by atoms with E-state index >= 15 is 0 Å². The molecule has 1 amide bonds. The second-order valence-electron chi connectivity index (χ2n) is 6.90. The molecule has 6 nitrogen and oxygen atoms in total. The van der Waals surface area contributed by atoms with Gasteiger partial charge in [0, 0.05) is 25.5 Å². The van der Waals surface area contributed by atoms with E-state index in [2.05, 4.69) is 4.98 Å². The van der Waals surface area contributed by atoms with Gasteiger partial charge >= 0.3 is 6.09 Å². The Morgan fingerprint density at radius 1 is 1.35 bits per heavy atom. The van der Waals surface area contributed by atoms with Crippen molar-refractivity contribution < 1.29 is 17.9 Å². The lowest BCUT2D eigenvalue weighted by Crippen LogP contribution is -2.44. The molecular formula is C16H24N2O4S. The summed E-state index contributed by atoms with van der Waals surface area (Å²) in [4.78, 5) is 17.9. The first-order valence-electron chi connectivity index (χ1n) is 7.78. The molecule has 1 saturated heterocycles. The molecule has 0 unspecified atom stereocenters. The Balaban J connectivity index is 2.00. The number of likely N-dealkylation sites (tertiary alicyclic amines) is 1. The molecule has 0 spiro atoms. The number of hydrogen-bond donors (Lipinski definition) is 0. The summed E-state index contributed by atoms with van der Waals surface area (Å²) in [5, 5.41) is 0. The van der Waals surface area contributed by atoms with Gasteiger partial charge in [0.1, 0.15) is 5.60 Å². The normalized spacial score (nSPS) is 19.4. The summed E-state index contributed by atoms with van der Waals surface area (Å²) in [5.41, 5.74) is -0.548. The summed E-state index contributed by atoms with van der Waals surface area (Å²) in [5.74, 6) is -0.0366. The fourth-order valence-electron chi connectivity index (χ4n) is 2.65. The second-order valence-corrected chi connectivity index (χ2v) is 8.93. The summed E-state index contributed by atoms with van der Waals surface area (Å²) < 4.78 is 30.3. The van der Waals surface area contributed by atoms with Crippen molar-refractivity contribution >= 4 is 15.9 Å². The van der Waals surface area contributed by atoms with Gasteiger partial charge in [-0.25, -0.2) is 13.2 Å². The van der Waals surface area contributed by atoms with E-state index in [1.807, 2.05) is 20.8 Å². The third-order valence-corrected chi connectivity index (χ3v) is 5.54. The molecule has 0 aliphatic carbocycles. The van der Waals surface area contributed by atoms with Crippen molar-refractivity contribution in [2.75, 3.05) is 18.8 Å². The lowest BCUT2D eigenvalue weighted by molar-refractivity contribution is 0.0176. The van der Waals surface area contributed by atoms with Crippen molar-refractivity contribution in [3.63, 3.8) is 0 Å². The Hall–Kier alpha value is -1.63. The number of rotatable bonds is 3. The zero-order chi connectivity index (χ0) is 17.1. The van der Waals surface area contributed by atoms with E-state index in [-0.39, 0.29) is 22.7 Å². The van der Waals surface area contributed by atoms with Crippen LogP contribution in [0.25, 0.3) is 0 Å². The van der Waals surface area contributed by atoms with Crippen LogP contribution in [0.1, 0.15) is 33.6 Å². The van der Waals surface area contributed by atoms with Crippen LogP contribution in [0.15, 0.2) is 29.4 Å². The number of carbonyl (C=O) groups excluding carboxylic acids is 1. The van der Waals surface area contributed by atoms with Crippen LogP contribution >= 0.6 is 0 Å². The van der Waals surface area contributed by atoms with E-state index in [0.717, 1.165) is 12.8 Å². The van der Waals surface area contributed by atoms with Gasteiger partial charge in [-0.2, -0.15) is 0 Å². The second kappa shape index (κ2) is 6.86. The van der Waals surface area contributed by atoms with Gasteiger partial charge in [0.2, 0.25) is 0 Å². The molecule has 1 aliphatic heterocycles. The fourth-order valence-corrected chi connectivity index (χ4v) is 4.27. The van der Waals surface area contributed by atoms with Gasteiger partial charge in [-0.15, -0.1) is 0 Å². The lowest BCUT2D eigenvalue weighted by atomic mass is 10.0. The van der Waals surface area contributed by atoms with Gasteiger partial charge in [-0.3, -0.25) is 4.98 Å². The van der Waals surface area contributed by atoms with Crippen molar-refractivity contribution in [2.24, 2.45) is 5.92 Å². The summed E-state index contributed by atoms with van der Waals surface area (Å²) in [6.07, 6.45) is 4.16. The van der Waals surface area contributed by atoms with Crippen molar-refractivity contribution in [3.05, 3.63) is 24.5 Å². The average molecular weight is 340 g/mol. The highest BCUT2D eigenvalue weighted by Gasteiger charge is 2.30. The molecule has 2 heterocycles. The summed E-state index contributed by atoms with van der Waals surface area (Å²) in [7, 11) is -3.36. The third kappa shape index (κ3) is 5.20. The Bertz CT molecular complexity index is 638. The molecular weight excluding hydrogens is 316 g/mol. The SMILES string of the molecule is CC(C)(C)OC(=O)N1CCC[C@@H](CS(=O)(=O)c2ccncc2)C1. The third-order valence-electron chi connectivity index (χ3n) is 3.63. The monoisotopic (exact) mass is 340 g/mol. The molecule has 1 aromatic heterocycles. The number of piperidine rings is 1. The molecule has 0 aromatic carbocycles. The maximum absolute atomic E-state index is 12.4. The largest absolute Gasteiger partial charge is 0.444 e. The van der Waals surface area contributed by atoms with Crippen LogP contribution in [0.4, 0.5) is 4.79 Å². The minimum absolute atomic E-state index is 0.0380. The standard InChI is InChI=1S/C16H24N2O4S/c1-16(2,3)22-15(19)18-10-4-5-13(11-18)12-23(20,21)14-6-8-17-9-7-14/h6-9,13H,4-5,10-12H2,1-3H3/t13-/m1/s1. The van der Waals surface area contributed by atoms with E-state index in [9.17, 15) is 13.2 Å². The molecule has 0 bridgehead atoms. The maximum atomic E-state index is 12.4. The van der Waals surface area contributed by atoms with Crippen LogP contribution in [0.5, 0.6) is 0 Å². The van der Waals surface area contributed by atoms with E-state index in [0.29, 0.717) is 13.1 Å². The molecule has 1 atom stereocenters. The maximum Gasteiger partial charge on any atom is 0.410 e. The number of nitrogens with zero attached hydrogens (tertiary/aromatic N) is 2. The van der Waals surface area contributed by atoms with E-state index < -0.39 is 15.4 Å². The van der Waals surface area contributed by atoms with Gasteiger partial charge in [-0.05, 0) is 51.7 Å². The van der Waals surface area contributed by atoms with Crippen LogP contribution in [-0.2, 0) is 14.6 Å². The summed E-state index contributed by atoms with van der Waals surface area (Å²) in [6, 6.07) is 3.01. The number of ether oxygens (including phenoxy) is 1. The number of aromatic nitrogens is 1. The van der Waals surface area contributed by atoms with Gasteiger partial charge in [0.15, 0.2) is 9.84 Å². The van der Waals surface area contributed by atoms with Gasteiger partial charge < -0.3 is 9.64 Å². The van der Waals surface area contributed by atoms with E-state index in [1.54, 1.807) is 4.90 Å². The molecule has 7 heteroatoms. The van der Waals surface area contributed by atoms with Crippen LogP contribution in [0.3, 0.4) is 0 Å². The molecule has 0 radical (unpaired) electrons. The molecule has 2 rings (SSSR count). The van der Waals surface area contributed by atoms with Crippen LogP contribution in [-0.4, -0.2) is 48.8 Å². The predicted molar refractivity (Wildman–Crippen MR) is 86.8 cm³/mol. The Labute approximate surface area is 137 Å². The highest BCUT2D eigenvalue weighted by molar-refractivity contribution is 7.91. The molecule has 0 N–H and O–H groups in total. The molecule has 23 heavy (non-hydrogen) atoms. The van der Waals surface area contributed by atoms with Crippen LogP contribution in [0, 0.1) is 5.92 Å². The minimum atomic E-state index is -3.36. The predicted octanol–water partition coefficient (Wildman–Crippen LogP) is 2.50. The van der Waals surface area contributed by atoms with Crippen LogP contribution < -0.4 is 0 Å². The number of hydrogen-bond acceptors (Lipinski definition) is 5. The first-order valence-corrected chi connectivity index (χ1v) is 9.43. The van der Waals surface area contributed by atoms with Crippen molar-refractivity contribution in [3.8, 4) is 0 Å². The number of sulfone groups is 1. The Kier molecular flexibility index (Phi) is 5.29. The highest BCUT2D eigenvalue weighted by atomic mass is 32.2. The molecule has 1 aliphatic rings. The van der Waals surface area contributed by atoms with E-state index in [1.165, 1.54) is 24.5 Å². The minimum Gasteiger partial charge on any atom is -0.444 e. The quantitative estimate of drug-likeness (QED) is 0.845. The van der Waals surface area contributed by atoms with Crippen LogP contribution in [0.2, 0.25) is 0 Å². The highest BCUT2D eigenvalue weighted by Crippen LogP contribution is 2.23. The van der Waals surface area contributed by atoms with Crippen molar-refractivity contribution in [2.45, 2.75) is 44.1 Å². The zero-order valence-electron chi connectivity index (χ0n) is 13.9. The molecule has 0 saturated carbocycles. The topological polar surface area (TPSA) is 76.6 Å². The van der Waals surface area contributed by atoms with Gasteiger partial charge in [0.05, 0.1) is 10.6 Å². The van der Waals surface area contributed by atoms with Crippen molar-refractivity contribution in [1.29, 1.82) is 0 Å². The smallest absolute Gasteiger partial charge is 0.410 e. The van der Waals surface area contributed by atoms with Crippen molar-refractivity contribution in [1.82, 2.24) is 9.88 Å². The fraction of sp³-hybridized carbons (Fsp3) is 0.625. The lowest BCUT2D eigenvalue weighted by Gasteiger charge is -2.34. The average Bonchev–Trinajstić information content (AvgIpc) is 2.46.